The highest BCUT2D eigenvalue weighted by atomic mass is 16.1. The van der Waals surface area contributed by atoms with E-state index in [-0.39, 0.29) is 11.9 Å². The van der Waals surface area contributed by atoms with Gasteiger partial charge >= 0.3 is 0 Å². The van der Waals surface area contributed by atoms with Crippen molar-refractivity contribution in [2.75, 3.05) is 18.0 Å². The number of pyridine rings is 1. The summed E-state index contributed by atoms with van der Waals surface area (Å²) in [7, 11) is 0. The van der Waals surface area contributed by atoms with Crippen molar-refractivity contribution >= 4 is 11.7 Å². The smallest absolute Gasteiger partial charge is 0.217 e. The van der Waals surface area contributed by atoms with Crippen molar-refractivity contribution in [3.63, 3.8) is 0 Å². The van der Waals surface area contributed by atoms with E-state index in [1.54, 1.807) is 6.92 Å². The highest BCUT2D eigenvalue weighted by Gasteiger charge is 2.23. The number of rotatable bonds is 5. The predicted octanol–water partition coefficient (Wildman–Crippen LogP) is 1.29. The standard InChI is InChI=1S/C15H24N4O/c1-11(2)16-8-13-4-5-15(17-9-13)19-7-6-14(10-19)18-12(3)20/h4-5,9,11,14,16H,6-8,10H2,1-3H3,(H,18,20). The van der Waals surface area contributed by atoms with Gasteiger partial charge in [0, 0.05) is 44.8 Å². The van der Waals surface area contributed by atoms with Gasteiger partial charge in [0.2, 0.25) is 5.91 Å². The third-order valence-electron chi connectivity index (χ3n) is 3.44. The Kier molecular flexibility index (Phi) is 4.95. The van der Waals surface area contributed by atoms with Crippen LogP contribution in [0.5, 0.6) is 0 Å². The van der Waals surface area contributed by atoms with E-state index in [1.807, 2.05) is 6.20 Å². The van der Waals surface area contributed by atoms with E-state index in [9.17, 15) is 4.79 Å². The van der Waals surface area contributed by atoms with Crippen LogP contribution in [0, 0.1) is 0 Å². The molecule has 1 amide bonds. The molecule has 1 atom stereocenters. The van der Waals surface area contributed by atoms with Gasteiger partial charge in [-0.05, 0) is 18.1 Å². The van der Waals surface area contributed by atoms with Gasteiger partial charge in [0.15, 0.2) is 0 Å². The van der Waals surface area contributed by atoms with Gasteiger partial charge in [0.05, 0.1) is 0 Å². The Morgan fingerprint density at radius 1 is 1.50 bits per heavy atom. The predicted molar refractivity (Wildman–Crippen MR) is 80.6 cm³/mol. The van der Waals surface area contributed by atoms with Crippen LogP contribution >= 0.6 is 0 Å². The van der Waals surface area contributed by atoms with E-state index in [0.29, 0.717) is 6.04 Å². The molecule has 20 heavy (non-hydrogen) atoms. The maximum atomic E-state index is 11.1. The van der Waals surface area contributed by atoms with Gasteiger partial charge in [0.25, 0.3) is 0 Å². The summed E-state index contributed by atoms with van der Waals surface area (Å²) in [5.41, 5.74) is 1.19. The summed E-state index contributed by atoms with van der Waals surface area (Å²) < 4.78 is 0. The zero-order chi connectivity index (χ0) is 14.5. The van der Waals surface area contributed by atoms with E-state index in [0.717, 1.165) is 31.9 Å². The molecule has 1 aromatic rings. The third kappa shape index (κ3) is 4.20. The lowest BCUT2D eigenvalue weighted by molar-refractivity contribution is -0.119. The zero-order valence-electron chi connectivity index (χ0n) is 12.5. The van der Waals surface area contributed by atoms with Crippen LogP contribution in [0.1, 0.15) is 32.8 Å². The average Bonchev–Trinajstić information content (AvgIpc) is 2.84. The third-order valence-corrected chi connectivity index (χ3v) is 3.44. The summed E-state index contributed by atoms with van der Waals surface area (Å²) in [4.78, 5) is 17.8. The molecule has 110 valence electrons. The molecular formula is C15H24N4O. The molecule has 1 aromatic heterocycles. The second-order valence-corrected chi connectivity index (χ2v) is 5.69. The second kappa shape index (κ2) is 6.70. The highest BCUT2D eigenvalue weighted by Crippen LogP contribution is 2.18. The van der Waals surface area contributed by atoms with Crippen molar-refractivity contribution in [1.29, 1.82) is 0 Å². The molecule has 0 radical (unpaired) electrons. The van der Waals surface area contributed by atoms with Crippen LogP contribution < -0.4 is 15.5 Å². The first kappa shape index (κ1) is 14.8. The molecule has 5 heteroatoms. The average molecular weight is 276 g/mol. The maximum absolute atomic E-state index is 11.1. The fourth-order valence-corrected chi connectivity index (χ4v) is 2.40. The van der Waals surface area contributed by atoms with Gasteiger partial charge in [-0.15, -0.1) is 0 Å². The summed E-state index contributed by atoms with van der Waals surface area (Å²) in [6.07, 6.45) is 2.91. The van der Waals surface area contributed by atoms with Crippen molar-refractivity contribution < 1.29 is 4.79 Å². The number of amides is 1. The minimum atomic E-state index is 0.0416. The van der Waals surface area contributed by atoms with E-state index >= 15 is 0 Å². The van der Waals surface area contributed by atoms with Crippen LogP contribution in [0.3, 0.4) is 0 Å². The first-order valence-corrected chi connectivity index (χ1v) is 7.25. The maximum Gasteiger partial charge on any atom is 0.217 e. The molecule has 2 heterocycles. The molecule has 1 aliphatic rings. The number of nitrogens with one attached hydrogen (secondary N) is 2. The molecule has 0 aromatic carbocycles. The summed E-state index contributed by atoms with van der Waals surface area (Å²) in [5.74, 6) is 1.03. The molecule has 0 spiro atoms. The molecular weight excluding hydrogens is 252 g/mol. The molecule has 5 nitrogen and oxygen atoms in total. The van der Waals surface area contributed by atoms with Crippen molar-refractivity contribution in [2.24, 2.45) is 0 Å². The van der Waals surface area contributed by atoms with Gasteiger partial charge < -0.3 is 15.5 Å². The summed E-state index contributed by atoms with van der Waals surface area (Å²) in [6, 6.07) is 4.90. The Bertz CT molecular complexity index is 444. The van der Waals surface area contributed by atoms with E-state index < -0.39 is 0 Å². The molecule has 2 rings (SSSR count). The SMILES string of the molecule is CC(=O)NC1CCN(c2ccc(CNC(C)C)cn2)C1. The van der Waals surface area contributed by atoms with Gasteiger partial charge in [-0.3, -0.25) is 4.79 Å². The topological polar surface area (TPSA) is 57.3 Å². The minimum Gasteiger partial charge on any atom is -0.354 e. The normalized spacial score (nSPS) is 18.6. The van der Waals surface area contributed by atoms with Crippen molar-refractivity contribution in [3.8, 4) is 0 Å². The fourth-order valence-electron chi connectivity index (χ4n) is 2.40. The van der Waals surface area contributed by atoms with Crippen LogP contribution in [0.4, 0.5) is 5.82 Å². The molecule has 0 bridgehead atoms. The van der Waals surface area contributed by atoms with Crippen molar-refractivity contribution in [1.82, 2.24) is 15.6 Å². The lowest BCUT2D eigenvalue weighted by Crippen LogP contribution is -2.35. The molecule has 2 N–H and O–H groups in total. The number of hydrogen-bond donors (Lipinski definition) is 2. The fraction of sp³-hybridized carbons (Fsp3) is 0.600. The molecule has 1 saturated heterocycles. The van der Waals surface area contributed by atoms with E-state index in [4.69, 9.17) is 0 Å². The first-order valence-electron chi connectivity index (χ1n) is 7.25. The number of carbonyl (C=O) groups excluding carboxylic acids is 1. The lowest BCUT2D eigenvalue weighted by Gasteiger charge is -2.18. The number of carbonyl (C=O) groups is 1. The number of nitrogens with zero attached hydrogens (tertiary/aromatic N) is 2. The number of anilines is 1. The van der Waals surface area contributed by atoms with Crippen LogP contribution in [0.2, 0.25) is 0 Å². The van der Waals surface area contributed by atoms with Gasteiger partial charge in [0.1, 0.15) is 5.82 Å². The first-order chi connectivity index (χ1) is 9.54. The van der Waals surface area contributed by atoms with E-state index in [1.165, 1.54) is 5.56 Å². The summed E-state index contributed by atoms with van der Waals surface area (Å²) in [5, 5.41) is 6.35. The second-order valence-electron chi connectivity index (χ2n) is 5.69. The van der Waals surface area contributed by atoms with Gasteiger partial charge in [-0.25, -0.2) is 4.98 Å². The highest BCUT2D eigenvalue weighted by molar-refractivity contribution is 5.73. The number of hydrogen-bond acceptors (Lipinski definition) is 4. The van der Waals surface area contributed by atoms with Gasteiger partial charge in [-0.2, -0.15) is 0 Å². The molecule has 1 aliphatic heterocycles. The molecule has 0 aliphatic carbocycles. The Morgan fingerprint density at radius 3 is 2.90 bits per heavy atom. The molecule has 1 unspecified atom stereocenters. The van der Waals surface area contributed by atoms with Crippen LogP contribution in [0.25, 0.3) is 0 Å². The monoisotopic (exact) mass is 276 g/mol. The largest absolute Gasteiger partial charge is 0.354 e. The lowest BCUT2D eigenvalue weighted by atomic mass is 10.2. The quantitative estimate of drug-likeness (QED) is 0.851. The zero-order valence-corrected chi connectivity index (χ0v) is 12.5. The molecule has 0 saturated carbocycles. The Labute approximate surface area is 120 Å². The van der Waals surface area contributed by atoms with Crippen LogP contribution in [-0.4, -0.2) is 36.1 Å². The Hall–Kier alpha value is -1.62. The van der Waals surface area contributed by atoms with Crippen LogP contribution in [0.15, 0.2) is 18.3 Å². The minimum absolute atomic E-state index is 0.0416. The Balaban J connectivity index is 1.89. The van der Waals surface area contributed by atoms with Crippen molar-refractivity contribution in [3.05, 3.63) is 23.9 Å². The van der Waals surface area contributed by atoms with Gasteiger partial charge in [-0.1, -0.05) is 19.9 Å². The molecule has 1 fully saturated rings. The summed E-state index contributed by atoms with van der Waals surface area (Å²) in [6.45, 7) is 8.47. The van der Waals surface area contributed by atoms with Crippen LogP contribution in [-0.2, 0) is 11.3 Å². The Morgan fingerprint density at radius 2 is 2.30 bits per heavy atom. The number of aromatic nitrogens is 1. The van der Waals surface area contributed by atoms with E-state index in [2.05, 4.69) is 46.5 Å². The van der Waals surface area contributed by atoms with Crippen molar-refractivity contribution in [2.45, 2.75) is 45.8 Å². The summed E-state index contributed by atoms with van der Waals surface area (Å²) >= 11 is 0.